The number of hydrogen-bond donors (Lipinski definition) is 1. The van der Waals surface area contributed by atoms with Crippen LogP contribution >= 0.6 is 0 Å². The first kappa shape index (κ1) is 18.8. The SMILES string of the molecule is C[C-](C)C.C[C@@H]([NH-])CCc1cc(=O)[nH]cn1.[Os+2]. The van der Waals surface area contributed by atoms with Crippen LogP contribution < -0.4 is 5.56 Å². The summed E-state index contributed by atoms with van der Waals surface area (Å²) in [5, 5.41) is 0. The van der Waals surface area contributed by atoms with Gasteiger partial charge in [0.25, 0.3) is 5.56 Å². The third kappa shape index (κ3) is 13.4. The molecule has 0 aliphatic rings. The van der Waals surface area contributed by atoms with E-state index in [1.165, 1.54) is 18.3 Å². The van der Waals surface area contributed by atoms with E-state index in [0.29, 0.717) is 6.42 Å². The first-order valence-corrected chi connectivity index (χ1v) is 5.43. The molecular weight excluding hydrogens is 392 g/mol. The molecule has 0 amide bonds. The fraction of sp³-hybridized carbons (Fsp3) is 0.583. The third-order valence-electron chi connectivity index (χ3n) is 1.57. The molecule has 1 atom stereocenters. The summed E-state index contributed by atoms with van der Waals surface area (Å²) in [6, 6.07) is 1.38. The van der Waals surface area contributed by atoms with Crippen molar-refractivity contribution in [2.24, 2.45) is 0 Å². The summed E-state index contributed by atoms with van der Waals surface area (Å²) in [4.78, 5) is 17.2. The van der Waals surface area contributed by atoms with E-state index in [1.807, 2.05) is 6.92 Å². The molecule has 4 nitrogen and oxygen atoms in total. The standard InChI is InChI=1S/C8H12N3O.C4H9.Os/c1-6(9)2-3-7-4-8(12)11-5-10-7;1-4(2)3;/h4-6,9H,2-3H2,1H3,(H,10,11,12);1-3H3;/q2*-1;+2/t6-;;/m1../s1. The summed E-state index contributed by atoms with van der Waals surface area (Å²) in [6.07, 6.45) is 2.84. The molecule has 0 saturated heterocycles. The van der Waals surface area contributed by atoms with Gasteiger partial charge in [-0.2, -0.15) is 20.8 Å². The largest absolute Gasteiger partial charge is 2.00 e. The van der Waals surface area contributed by atoms with Crippen LogP contribution in [-0.2, 0) is 26.2 Å². The van der Waals surface area contributed by atoms with Gasteiger partial charge in [0.05, 0.1) is 6.33 Å². The van der Waals surface area contributed by atoms with Gasteiger partial charge in [-0.1, -0.05) is 13.3 Å². The zero-order valence-corrected chi connectivity index (χ0v) is 13.4. The Morgan fingerprint density at radius 1 is 1.47 bits per heavy atom. The molecule has 1 heterocycles. The number of aromatic nitrogens is 2. The van der Waals surface area contributed by atoms with Gasteiger partial charge in [0.2, 0.25) is 0 Å². The van der Waals surface area contributed by atoms with Crippen LogP contribution in [0, 0.1) is 5.92 Å². The van der Waals surface area contributed by atoms with Crippen molar-refractivity contribution in [3.63, 3.8) is 0 Å². The van der Waals surface area contributed by atoms with Crippen molar-refractivity contribution in [2.45, 2.75) is 46.6 Å². The number of hydrogen-bond acceptors (Lipinski definition) is 2. The molecule has 5 heteroatoms. The molecule has 0 radical (unpaired) electrons. The molecule has 0 bridgehead atoms. The smallest absolute Gasteiger partial charge is 0.675 e. The molecule has 2 N–H and O–H groups in total. The summed E-state index contributed by atoms with van der Waals surface area (Å²) >= 11 is 0. The number of rotatable bonds is 3. The van der Waals surface area contributed by atoms with Gasteiger partial charge in [-0.25, -0.2) is 4.98 Å². The monoisotopic (exact) mass is 415 g/mol. The van der Waals surface area contributed by atoms with Crippen molar-refractivity contribution in [3.8, 4) is 0 Å². The maximum Gasteiger partial charge on any atom is 2.00 e. The number of aryl methyl sites for hydroxylation is 1. The minimum absolute atomic E-state index is 0. The summed E-state index contributed by atoms with van der Waals surface area (Å²) < 4.78 is 0. The van der Waals surface area contributed by atoms with E-state index >= 15 is 0 Å². The van der Waals surface area contributed by atoms with Crippen LogP contribution in [-0.4, -0.2) is 16.0 Å². The predicted octanol–water partition coefficient (Wildman–Crippen LogP) is 2.76. The Hall–Kier alpha value is -0.524. The summed E-state index contributed by atoms with van der Waals surface area (Å²) in [7, 11) is 0. The minimum Gasteiger partial charge on any atom is -0.675 e. The van der Waals surface area contributed by atoms with Gasteiger partial charge < -0.3 is 16.6 Å². The van der Waals surface area contributed by atoms with E-state index in [1.54, 1.807) is 0 Å². The fourth-order valence-corrected chi connectivity index (χ4v) is 0.910. The first-order chi connectivity index (χ1) is 7.41. The Morgan fingerprint density at radius 3 is 2.41 bits per heavy atom. The van der Waals surface area contributed by atoms with Crippen LogP contribution in [0.2, 0.25) is 0 Å². The van der Waals surface area contributed by atoms with Gasteiger partial charge in [-0.15, -0.1) is 6.04 Å². The van der Waals surface area contributed by atoms with Gasteiger partial charge in [-0.3, -0.25) is 4.79 Å². The Morgan fingerprint density at radius 2 is 2.00 bits per heavy atom. The maximum absolute atomic E-state index is 10.8. The Kier molecular flexibility index (Phi) is 11.8. The number of nitrogens with zero attached hydrogens (tertiary/aromatic N) is 1. The average Bonchev–Trinajstić information content (AvgIpc) is 2.14. The van der Waals surface area contributed by atoms with Crippen molar-refractivity contribution in [1.29, 1.82) is 0 Å². The van der Waals surface area contributed by atoms with Crippen LogP contribution in [0.25, 0.3) is 5.73 Å². The zero-order valence-electron chi connectivity index (χ0n) is 10.9. The molecule has 1 aromatic rings. The topological polar surface area (TPSA) is 69.6 Å². The van der Waals surface area contributed by atoms with Gasteiger partial charge >= 0.3 is 19.8 Å². The predicted molar refractivity (Wildman–Crippen MR) is 67.2 cm³/mol. The van der Waals surface area contributed by atoms with Crippen LogP contribution in [0.15, 0.2) is 17.2 Å². The van der Waals surface area contributed by atoms with Gasteiger partial charge in [0, 0.05) is 11.8 Å². The summed E-state index contributed by atoms with van der Waals surface area (Å²) in [5.41, 5.74) is 7.90. The van der Waals surface area contributed by atoms with E-state index in [9.17, 15) is 4.79 Å². The van der Waals surface area contributed by atoms with Crippen molar-refractivity contribution in [1.82, 2.24) is 9.97 Å². The molecular formula is C12H21N3OOs. The third-order valence-corrected chi connectivity index (χ3v) is 1.57. The molecule has 1 aromatic heterocycles. The van der Waals surface area contributed by atoms with Crippen LogP contribution in [0.4, 0.5) is 0 Å². The Balaban J connectivity index is 0. The Bertz CT molecular complexity index is 334. The average molecular weight is 414 g/mol. The van der Waals surface area contributed by atoms with E-state index < -0.39 is 0 Å². The summed E-state index contributed by atoms with van der Waals surface area (Å²) in [6.45, 7) is 8.08. The Labute approximate surface area is 116 Å². The molecule has 0 spiro atoms. The first-order valence-electron chi connectivity index (χ1n) is 5.43. The number of aromatic amines is 1. The molecule has 1 rings (SSSR count). The summed E-state index contributed by atoms with van der Waals surface area (Å²) in [5.74, 6) is 1.42. The van der Waals surface area contributed by atoms with E-state index in [4.69, 9.17) is 5.73 Å². The van der Waals surface area contributed by atoms with Crippen molar-refractivity contribution < 1.29 is 19.8 Å². The number of H-pyrrole nitrogens is 1. The van der Waals surface area contributed by atoms with E-state index in [0.717, 1.165) is 12.1 Å². The molecule has 0 saturated carbocycles. The molecule has 0 fully saturated rings. The second-order valence-electron chi connectivity index (χ2n) is 4.34. The minimum atomic E-state index is -0.127. The van der Waals surface area contributed by atoms with Crippen LogP contribution in [0.3, 0.4) is 0 Å². The fourth-order valence-electron chi connectivity index (χ4n) is 0.910. The quantitative estimate of drug-likeness (QED) is 0.774. The molecule has 17 heavy (non-hydrogen) atoms. The molecule has 0 aromatic carbocycles. The molecule has 98 valence electrons. The van der Waals surface area contributed by atoms with E-state index in [2.05, 4.69) is 30.7 Å². The second-order valence-corrected chi connectivity index (χ2v) is 4.34. The van der Waals surface area contributed by atoms with Gasteiger partial charge in [0.15, 0.2) is 0 Å². The maximum atomic E-state index is 10.8. The van der Waals surface area contributed by atoms with Crippen molar-refractivity contribution >= 4 is 0 Å². The second kappa shape index (κ2) is 10.6. The molecule has 0 unspecified atom stereocenters. The van der Waals surface area contributed by atoms with Gasteiger partial charge in [-0.05, 0) is 6.42 Å². The normalized spacial score (nSPS) is 11.2. The van der Waals surface area contributed by atoms with Crippen molar-refractivity contribution in [2.75, 3.05) is 0 Å². The van der Waals surface area contributed by atoms with Crippen LogP contribution in [0.1, 0.15) is 39.8 Å². The molecule has 0 aliphatic heterocycles. The number of nitrogens with one attached hydrogen (secondary N) is 2. The molecule has 0 aliphatic carbocycles. The van der Waals surface area contributed by atoms with Crippen LogP contribution in [0.5, 0.6) is 0 Å². The zero-order chi connectivity index (χ0) is 12.6. The van der Waals surface area contributed by atoms with Gasteiger partial charge in [0.1, 0.15) is 0 Å². The van der Waals surface area contributed by atoms with E-state index in [-0.39, 0.29) is 31.4 Å². The van der Waals surface area contributed by atoms with Crippen molar-refractivity contribution in [3.05, 3.63) is 40.1 Å².